The Hall–Kier alpha value is -3.10. The second kappa shape index (κ2) is 7.03. The van der Waals surface area contributed by atoms with Crippen LogP contribution in [0.2, 0.25) is 0 Å². The van der Waals surface area contributed by atoms with E-state index in [9.17, 15) is 4.79 Å². The molecule has 0 radical (unpaired) electrons. The van der Waals surface area contributed by atoms with Gasteiger partial charge >= 0.3 is 0 Å². The van der Waals surface area contributed by atoms with Crippen molar-refractivity contribution >= 4 is 16.7 Å². The summed E-state index contributed by atoms with van der Waals surface area (Å²) in [5, 5.41) is 11.4. The molecule has 1 aromatic heterocycles. The number of piperazine rings is 1. The molecular weight excluding hydrogens is 324 g/mol. The van der Waals surface area contributed by atoms with Crippen LogP contribution in [-0.4, -0.2) is 46.9 Å². The molecule has 130 valence electrons. The van der Waals surface area contributed by atoms with Gasteiger partial charge in [-0.3, -0.25) is 9.69 Å². The number of H-pyrrole nitrogens is 1. The molecule has 0 spiro atoms. The molecule has 1 aliphatic rings. The molecule has 0 bridgehead atoms. The molecule has 5 heteroatoms. The van der Waals surface area contributed by atoms with Crippen LogP contribution in [0.25, 0.3) is 10.8 Å². The lowest BCUT2D eigenvalue weighted by molar-refractivity contribution is 0.0628. The van der Waals surface area contributed by atoms with E-state index in [-0.39, 0.29) is 5.91 Å². The van der Waals surface area contributed by atoms with E-state index in [0.29, 0.717) is 24.3 Å². The number of amides is 1. The summed E-state index contributed by atoms with van der Waals surface area (Å²) in [5.74, 6) is -0.00638. The van der Waals surface area contributed by atoms with Crippen LogP contribution in [0.3, 0.4) is 0 Å². The molecule has 0 atom stereocenters. The fraction of sp³-hybridized carbons (Fsp3) is 0.238. The molecule has 5 nitrogen and oxygen atoms in total. The topological polar surface area (TPSA) is 63.1 Å². The summed E-state index contributed by atoms with van der Waals surface area (Å²) in [6.45, 7) is 4.02. The highest BCUT2D eigenvalue weighted by atomic mass is 16.2. The molecule has 0 unspecified atom stereocenters. The van der Waals surface area contributed by atoms with Gasteiger partial charge in [0, 0.05) is 38.9 Å². The highest BCUT2D eigenvalue weighted by molar-refractivity contribution is 5.94. The minimum atomic E-state index is -0.00638. The molecule has 1 aliphatic heterocycles. The van der Waals surface area contributed by atoms with Crippen molar-refractivity contribution in [2.75, 3.05) is 26.2 Å². The molecule has 1 saturated heterocycles. The molecule has 0 aliphatic carbocycles. The second-order valence-electron chi connectivity index (χ2n) is 6.66. The predicted molar refractivity (Wildman–Crippen MR) is 101 cm³/mol. The van der Waals surface area contributed by atoms with Gasteiger partial charge in [-0.2, -0.15) is 5.26 Å². The summed E-state index contributed by atoms with van der Waals surface area (Å²) in [6, 6.07) is 18.6. The van der Waals surface area contributed by atoms with Crippen molar-refractivity contribution in [1.82, 2.24) is 14.8 Å². The Kier molecular flexibility index (Phi) is 4.42. The summed E-state index contributed by atoms with van der Waals surface area (Å²) in [6.07, 6.45) is 1.61. The monoisotopic (exact) mass is 344 g/mol. The number of nitrogens with one attached hydrogen (secondary N) is 1. The highest BCUT2D eigenvalue weighted by Crippen LogP contribution is 2.18. The van der Waals surface area contributed by atoms with Gasteiger partial charge in [-0.15, -0.1) is 0 Å². The van der Waals surface area contributed by atoms with Crippen molar-refractivity contribution in [3.63, 3.8) is 0 Å². The van der Waals surface area contributed by atoms with Crippen LogP contribution in [0.5, 0.6) is 0 Å². The van der Waals surface area contributed by atoms with Crippen molar-refractivity contribution in [1.29, 1.82) is 5.26 Å². The zero-order valence-corrected chi connectivity index (χ0v) is 14.5. The van der Waals surface area contributed by atoms with Crippen LogP contribution in [-0.2, 0) is 6.54 Å². The number of hydrogen-bond donors (Lipinski definition) is 1. The van der Waals surface area contributed by atoms with Gasteiger partial charge in [0.2, 0.25) is 0 Å². The maximum Gasteiger partial charge on any atom is 0.255 e. The van der Waals surface area contributed by atoms with Crippen molar-refractivity contribution < 1.29 is 4.79 Å². The van der Waals surface area contributed by atoms with Gasteiger partial charge < -0.3 is 9.88 Å². The Morgan fingerprint density at radius 2 is 1.81 bits per heavy atom. The molecule has 0 saturated carbocycles. The number of aromatic nitrogens is 1. The van der Waals surface area contributed by atoms with Crippen molar-refractivity contribution in [3.05, 3.63) is 71.5 Å². The molecular formula is C21H20N4O. The van der Waals surface area contributed by atoms with E-state index in [0.717, 1.165) is 19.6 Å². The Bertz CT molecular complexity index is 977. The lowest BCUT2D eigenvalue weighted by atomic mass is 10.1. The van der Waals surface area contributed by atoms with Gasteiger partial charge in [0.15, 0.2) is 0 Å². The van der Waals surface area contributed by atoms with E-state index in [1.165, 1.54) is 16.3 Å². The third-order valence-corrected chi connectivity index (χ3v) is 4.93. The van der Waals surface area contributed by atoms with Gasteiger partial charge in [0.1, 0.15) is 11.8 Å². The molecule has 2 aromatic carbocycles. The van der Waals surface area contributed by atoms with Crippen LogP contribution in [0, 0.1) is 11.3 Å². The largest absolute Gasteiger partial charge is 0.352 e. The van der Waals surface area contributed by atoms with Crippen LogP contribution >= 0.6 is 0 Å². The average Bonchev–Trinajstić information content (AvgIpc) is 3.17. The van der Waals surface area contributed by atoms with Gasteiger partial charge in [0.25, 0.3) is 5.91 Å². The molecule has 1 fully saturated rings. The van der Waals surface area contributed by atoms with Gasteiger partial charge in [0.05, 0.1) is 5.56 Å². The predicted octanol–water partition coefficient (Wildman–Crippen LogP) is 3.00. The first kappa shape index (κ1) is 16.4. The highest BCUT2D eigenvalue weighted by Gasteiger charge is 2.22. The molecule has 3 aromatic rings. The maximum atomic E-state index is 12.5. The number of carbonyl (C=O) groups excluding carboxylic acids is 1. The van der Waals surface area contributed by atoms with E-state index < -0.39 is 0 Å². The lowest BCUT2D eigenvalue weighted by Gasteiger charge is -2.34. The van der Waals surface area contributed by atoms with Crippen LogP contribution in [0.1, 0.15) is 21.6 Å². The van der Waals surface area contributed by atoms with E-state index in [4.69, 9.17) is 5.26 Å². The van der Waals surface area contributed by atoms with Crippen LogP contribution in [0.15, 0.2) is 54.7 Å². The number of fused-ring (bicyclic) bond motifs is 1. The fourth-order valence-electron chi connectivity index (χ4n) is 3.47. The van der Waals surface area contributed by atoms with Gasteiger partial charge in [-0.25, -0.2) is 0 Å². The normalized spacial score (nSPS) is 15.1. The zero-order valence-electron chi connectivity index (χ0n) is 14.5. The quantitative estimate of drug-likeness (QED) is 0.794. The minimum absolute atomic E-state index is 0.00638. The molecule has 1 amide bonds. The van der Waals surface area contributed by atoms with Crippen molar-refractivity contribution in [2.45, 2.75) is 6.54 Å². The van der Waals surface area contributed by atoms with Crippen LogP contribution < -0.4 is 0 Å². The number of aromatic amines is 1. The summed E-state index contributed by atoms with van der Waals surface area (Å²) in [4.78, 5) is 19.6. The smallest absolute Gasteiger partial charge is 0.255 e. The minimum Gasteiger partial charge on any atom is -0.352 e. The van der Waals surface area contributed by atoms with Gasteiger partial charge in [-0.05, 0) is 28.5 Å². The first-order valence-corrected chi connectivity index (χ1v) is 8.81. The summed E-state index contributed by atoms with van der Waals surface area (Å²) in [7, 11) is 0. The number of hydrogen-bond acceptors (Lipinski definition) is 3. The number of nitriles is 1. The van der Waals surface area contributed by atoms with Crippen molar-refractivity contribution in [3.8, 4) is 6.07 Å². The number of benzene rings is 2. The lowest BCUT2D eigenvalue weighted by Crippen LogP contribution is -2.48. The summed E-state index contributed by atoms with van der Waals surface area (Å²) >= 11 is 0. The van der Waals surface area contributed by atoms with Gasteiger partial charge in [-0.1, -0.05) is 36.4 Å². The van der Waals surface area contributed by atoms with Crippen LogP contribution in [0.4, 0.5) is 0 Å². The Balaban J connectivity index is 1.37. The number of carbonyl (C=O) groups is 1. The first-order chi connectivity index (χ1) is 12.7. The molecule has 2 heterocycles. The molecule has 4 rings (SSSR count). The first-order valence-electron chi connectivity index (χ1n) is 8.81. The van der Waals surface area contributed by atoms with E-state index in [1.807, 2.05) is 11.0 Å². The third kappa shape index (κ3) is 3.32. The van der Waals surface area contributed by atoms with E-state index in [2.05, 4.69) is 52.3 Å². The second-order valence-corrected chi connectivity index (χ2v) is 6.66. The Labute approximate surface area is 152 Å². The SMILES string of the molecule is N#Cc1cc(C(=O)N2CCN(Cc3ccc4ccccc4c3)CC2)c[nH]1. The Morgan fingerprint density at radius 3 is 2.54 bits per heavy atom. The number of rotatable bonds is 3. The summed E-state index contributed by atoms with van der Waals surface area (Å²) in [5.41, 5.74) is 2.28. The molecule has 1 N–H and O–H groups in total. The average molecular weight is 344 g/mol. The number of nitrogens with zero attached hydrogens (tertiary/aromatic N) is 3. The molecule has 26 heavy (non-hydrogen) atoms. The zero-order chi connectivity index (χ0) is 17.9. The Morgan fingerprint density at radius 1 is 1.04 bits per heavy atom. The van der Waals surface area contributed by atoms with Crippen molar-refractivity contribution in [2.24, 2.45) is 0 Å². The maximum absolute atomic E-state index is 12.5. The standard InChI is InChI=1S/C21H20N4O/c22-13-20-12-19(14-23-20)21(26)25-9-7-24(8-10-25)15-16-5-6-17-3-1-2-4-18(17)11-16/h1-6,11-12,14,23H,7-10,15H2. The van der Waals surface area contributed by atoms with E-state index in [1.54, 1.807) is 12.3 Å². The van der Waals surface area contributed by atoms with E-state index >= 15 is 0 Å². The fourth-order valence-corrected chi connectivity index (χ4v) is 3.47. The summed E-state index contributed by atoms with van der Waals surface area (Å²) < 4.78 is 0. The third-order valence-electron chi connectivity index (χ3n) is 4.93.